The van der Waals surface area contributed by atoms with Crippen molar-refractivity contribution in [2.24, 2.45) is 5.73 Å². The van der Waals surface area contributed by atoms with Crippen LogP contribution < -0.4 is 5.73 Å². The molecule has 0 spiro atoms. The third kappa shape index (κ3) is 2.87. The van der Waals surface area contributed by atoms with Crippen molar-refractivity contribution in [3.8, 4) is 11.3 Å². The zero-order valence-corrected chi connectivity index (χ0v) is 12.2. The molecular weight excluding hydrogens is 234 g/mol. The lowest BCUT2D eigenvalue weighted by atomic mass is 9.88. The Hall–Kier alpha value is -1.61. The number of nitrogens with one attached hydrogen (secondary N) is 1. The first-order valence-corrected chi connectivity index (χ1v) is 6.77. The molecule has 0 aliphatic rings. The molecule has 0 aliphatic heterocycles. The zero-order valence-electron chi connectivity index (χ0n) is 12.2. The van der Waals surface area contributed by atoms with E-state index in [1.165, 1.54) is 16.7 Å². The molecule has 2 rings (SSSR count). The molecule has 0 saturated carbocycles. The van der Waals surface area contributed by atoms with Crippen LogP contribution in [0.2, 0.25) is 0 Å². The van der Waals surface area contributed by atoms with E-state index < -0.39 is 0 Å². The fourth-order valence-electron chi connectivity index (χ4n) is 2.20. The highest BCUT2D eigenvalue weighted by Crippen LogP contribution is 2.27. The minimum Gasteiger partial charge on any atom is -0.342 e. The van der Waals surface area contributed by atoms with E-state index in [4.69, 9.17) is 5.73 Å². The van der Waals surface area contributed by atoms with Gasteiger partial charge in [-0.05, 0) is 49.6 Å². The van der Waals surface area contributed by atoms with Gasteiger partial charge in [0.05, 0.1) is 11.9 Å². The number of imidazole rings is 1. The van der Waals surface area contributed by atoms with E-state index in [2.05, 4.69) is 55.9 Å². The smallest absolute Gasteiger partial charge is 0.112 e. The topological polar surface area (TPSA) is 54.7 Å². The van der Waals surface area contributed by atoms with Gasteiger partial charge < -0.3 is 10.7 Å². The summed E-state index contributed by atoms with van der Waals surface area (Å²) in [6.07, 6.45) is 2.84. The lowest BCUT2D eigenvalue weighted by Crippen LogP contribution is -2.23. The molecule has 1 aromatic heterocycles. The molecule has 2 aromatic rings. The van der Waals surface area contributed by atoms with Gasteiger partial charge >= 0.3 is 0 Å². The Morgan fingerprint density at radius 3 is 2.58 bits per heavy atom. The highest BCUT2D eigenvalue weighted by Gasteiger charge is 2.23. The van der Waals surface area contributed by atoms with Crippen LogP contribution in [0.1, 0.15) is 37.2 Å². The predicted molar refractivity (Wildman–Crippen MR) is 80.2 cm³/mol. The number of rotatable bonds is 4. The first-order chi connectivity index (χ1) is 8.94. The highest BCUT2D eigenvalue weighted by molar-refractivity contribution is 5.60. The Kier molecular flexibility index (Phi) is 3.76. The maximum atomic E-state index is 5.66. The average Bonchev–Trinajstić information content (AvgIpc) is 2.83. The molecule has 3 N–H and O–H groups in total. The summed E-state index contributed by atoms with van der Waals surface area (Å²) in [5, 5.41) is 0. The second-order valence-electron chi connectivity index (χ2n) is 5.87. The standard InChI is InChI=1S/C16H23N3/c1-11-5-6-13(9-12(11)2)14-10-18-15(19-14)16(3,4)7-8-17/h5-6,9-10H,7-8,17H2,1-4H3,(H,18,19). The van der Waals surface area contributed by atoms with Gasteiger partial charge in [-0.1, -0.05) is 26.0 Å². The van der Waals surface area contributed by atoms with Crippen molar-refractivity contribution in [3.05, 3.63) is 41.3 Å². The number of hydrogen-bond donors (Lipinski definition) is 2. The van der Waals surface area contributed by atoms with E-state index in [-0.39, 0.29) is 5.41 Å². The van der Waals surface area contributed by atoms with Gasteiger partial charge in [0.25, 0.3) is 0 Å². The summed E-state index contributed by atoms with van der Waals surface area (Å²) in [5.41, 5.74) is 10.5. The van der Waals surface area contributed by atoms with E-state index in [0.29, 0.717) is 6.54 Å². The highest BCUT2D eigenvalue weighted by atomic mass is 14.9. The van der Waals surface area contributed by atoms with Crippen molar-refractivity contribution in [1.82, 2.24) is 9.97 Å². The van der Waals surface area contributed by atoms with Gasteiger partial charge in [-0.2, -0.15) is 0 Å². The molecule has 3 nitrogen and oxygen atoms in total. The van der Waals surface area contributed by atoms with Gasteiger partial charge in [0.15, 0.2) is 0 Å². The maximum Gasteiger partial charge on any atom is 0.112 e. The summed E-state index contributed by atoms with van der Waals surface area (Å²) in [6.45, 7) is 9.27. The van der Waals surface area contributed by atoms with Crippen LogP contribution in [0.15, 0.2) is 24.4 Å². The summed E-state index contributed by atoms with van der Waals surface area (Å²) in [7, 11) is 0. The van der Waals surface area contributed by atoms with Crippen molar-refractivity contribution >= 4 is 0 Å². The molecule has 0 fully saturated rings. The average molecular weight is 257 g/mol. The van der Waals surface area contributed by atoms with E-state index >= 15 is 0 Å². The van der Waals surface area contributed by atoms with Crippen LogP contribution in [0.25, 0.3) is 11.3 Å². The SMILES string of the molecule is Cc1ccc(-c2cnc(C(C)(C)CCN)[nH]2)cc1C. The molecule has 0 bridgehead atoms. The summed E-state index contributed by atoms with van der Waals surface area (Å²) in [5.74, 6) is 1.01. The quantitative estimate of drug-likeness (QED) is 0.882. The molecule has 0 saturated heterocycles. The molecular formula is C16H23N3. The van der Waals surface area contributed by atoms with Gasteiger partial charge in [0, 0.05) is 5.41 Å². The number of nitrogens with two attached hydrogens (primary N) is 1. The number of aromatic nitrogens is 2. The third-order valence-electron chi connectivity index (χ3n) is 3.80. The molecule has 3 heteroatoms. The van der Waals surface area contributed by atoms with Crippen LogP contribution >= 0.6 is 0 Å². The Morgan fingerprint density at radius 2 is 1.95 bits per heavy atom. The van der Waals surface area contributed by atoms with Gasteiger partial charge in [-0.3, -0.25) is 0 Å². The normalized spacial score (nSPS) is 11.8. The van der Waals surface area contributed by atoms with Crippen molar-refractivity contribution in [1.29, 1.82) is 0 Å². The minimum absolute atomic E-state index is 0.00720. The van der Waals surface area contributed by atoms with E-state index in [1.54, 1.807) is 0 Å². The molecule has 102 valence electrons. The monoisotopic (exact) mass is 257 g/mol. The van der Waals surface area contributed by atoms with Gasteiger partial charge in [0.1, 0.15) is 5.82 Å². The fourth-order valence-corrected chi connectivity index (χ4v) is 2.20. The van der Waals surface area contributed by atoms with Crippen LogP contribution in [0.3, 0.4) is 0 Å². The van der Waals surface area contributed by atoms with E-state index in [1.807, 2.05) is 6.20 Å². The first kappa shape index (κ1) is 13.8. The fraction of sp³-hybridized carbons (Fsp3) is 0.438. The first-order valence-electron chi connectivity index (χ1n) is 6.77. The lowest BCUT2D eigenvalue weighted by Gasteiger charge is -2.20. The van der Waals surface area contributed by atoms with Gasteiger partial charge in [-0.15, -0.1) is 0 Å². The van der Waals surface area contributed by atoms with E-state index in [9.17, 15) is 0 Å². The lowest BCUT2D eigenvalue weighted by molar-refractivity contribution is 0.462. The number of aromatic amines is 1. The minimum atomic E-state index is -0.00720. The number of benzene rings is 1. The Balaban J connectivity index is 2.33. The number of hydrogen-bond acceptors (Lipinski definition) is 2. The van der Waals surface area contributed by atoms with Crippen LogP contribution in [-0.2, 0) is 5.41 Å². The van der Waals surface area contributed by atoms with Crippen molar-refractivity contribution < 1.29 is 0 Å². The number of nitrogens with zero attached hydrogens (tertiary/aromatic N) is 1. The zero-order chi connectivity index (χ0) is 14.0. The van der Waals surface area contributed by atoms with Gasteiger partial charge in [0.2, 0.25) is 0 Å². The largest absolute Gasteiger partial charge is 0.342 e. The van der Waals surface area contributed by atoms with Gasteiger partial charge in [-0.25, -0.2) is 4.98 Å². The van der Waals surface area contributed by atoms with Crippen LogP contribution in [-0.4, -0.2) is 16.5 Å². The second kappa shape index (κ2) is 5.17. The summed E-state index contributed by atoms with van der Waals surface area (Å²) < 4.78 is 0. The molecule has 19 heavy (non-hydrogen) atoms. The van der Waals surface area contributed by atoms with Crippen molar-refractivity contribution in [3.63, 3.8) is 0 Å². The van der Waals surface area contributed by atoms with Crippen LogP contribution in [0.5, 0.6) is 0 Å². The molecule has 0 unspecified atom stereocenters. The molecule has 0 amide bonds. The molecule has 1 aromatic carbocycles. The molecule has 0 radical (unpaired) electrons. The summed E-state index contributed by atoms with van der Waals surface area (Å²) >= 11 is 0. The Morgan fingerprint density at radius 1 is 1.21 bits per heavy atom. The predicted octanol–water partition coefficient (Wildman–Crippen LogP) is 3.32. The van der Waals surface area contributed by atoms with Crippen molar-refractivity contribution in [2.45, 2.75) is 39.5 Å². The molecule has 1 heterocycles. The van der Waals surface area contributed by atoms with Crippen molar-refractivity contribution in [2.75, 3.05) is 6.54 Å². The maximum absolute atomic E-state index is 5.66. The Labute approximate surface area is 115 Å². The Bertz CT molecular complexity index is 567. The molecule has 0 aliphatic carbocycles. The molecule has 0 atom stereocenters. The second-order valence-corrected chi connectivity index (χ2v) is 5.87. The van der Waals surface area contributed by atoms with E-state index in [0.717, 1.165) is 17.9 Å². The number of aryl methyl sites for hydroxylation is 2. The summed E-state index contributed by atoms with van der Waals surface area (Å²) in [6, 6.07) is 6.48. The third-order valence-corrected chi connectivity index (χ3v) is 3.80. The van der Waals surface area contributed by atoms with Crippen LogP contribution in [0.4, 0.5) is 0 Å². The summed E-state index contributed by atoms with van der Waals surface area (Å²) in [4.78, 5) is 7.96. The van der Waals surface area contributed by atoms with Crippen LogP contribution in [0, 0.1) is 13.8 Å². The number of H-pyrrole nitrogens is 1.